The molecule has 0 saturated carbocycles. The molecule has 2 aliphatic heterocycles. The van der Waals surface area contributed by atoms with Crippen molar-refractivity contribution >= 4 is 27.7 Å². The van der Waals surface area contributed by atoms with Gasteiger partial charge in [0, 0.05) is 57.2 Å². The van der Waals surface area contributed by atoms with Crippen LogP contribution in [0.5, 0.6) is 0 Å². The summed E-state index contributed by atoms with van der Waals surface area (Å²) in [5.41, 5.74) is 0.311. The Morgan fingerprint density at radius 2 is 1.87 bits per heavy atom. The van der Waals surface area contributed by atoms with Gasteiger partial charge in [0.25, 0.3) is 5.91 Å². The highest BCUT2D eigenvalue weighted by Crippen LogP contribution is 2.20. The van der Waals surface area contributed by atoms with E-state index >= 15 is 0 Å². The zero-order valence-corrected chi connectivity index (χ0v) is 17.1. The highest BCUT2D eigenvalue weighted by Gasteiger charge is 2.30. The van der Waals surface area contributed by atoms with Gasteiger partial charge in [-0.3, -0.25) is 14.6 Å². The van der Waals surface area contributed by atoms with Crippen LogP contribution in [-0.2, 0) is 14.8 Å². The summed E-state index contributed by atoms with van der Waals surface area (Å²) in [6.07, 6.45) is 4.93. The maximum atomic E-state index is 13.0. The minimum Gasteiger partial charge on any atom is -0.354 e. The largest absolute Gasteiger partial charge is 0.354 e. The van der Waals surface area contributed by atoms with Gasteiger partial charge in [-0.15, -0.1) is 0 Å². The van der Waals surface area contributed by atoms with Crippen molar-refractivity contribution in [3.8, 4) is 0 Å². The van der Waals surface area contributed by atoms with Crippen LogP contribution in [0.3, 0.4) is 0 Å². The molecule has 0 spiro atoms. The van der Waals surface area contributed by atoms with Crippen LogP contribution in [-0.4, -0.2) is 85.2 Å². The highest BCUT2D eigenvalue weighted by molar-refractivity contribution is 7.89. The summed E-state index contributed by atoms with van der Waals surface area (Å²) in [6, 6.07) is 6.00. The van der Waals surface area contributed by atoms with Gasteiger partial charge in [-0.05, 0) is 18.2 Å². The van der Waals surface area contributed by atoms with E-state index in [0.717, 1.165) is 10.1 Å². The minimum absolute atomic E-state index is 0.0150. The van der Waals surface area contributed by atoms with Crippen LogP contribution in [0.1, 0.15) is 10.4 Å². The summed E-state index contributed by atoms with van der Waals surface area (Å²) in [5, 5.41) is 2.61. The monoisotopic (exact) mass is 430 g/mol. The fourth-order valence-corrected chi connectivity index (χ4v) is 4.98. The Morgan fingerprint density at radius 1 is 1.07 bits per heavy atom. The summed E-state index contributed by atoms with van der Waals surface area (Å²) in [4.78, 5) is 36.6. The van der Waals surface area contributed by atoms with Crippen molar-refractivity contribution in [1.82, 2.24) is 24.5 Å². The Bertz CT molecular complexity index is 1040. The van der Waals surface area contributed by atoms with Crippen molar-refractivity contribution in [3.63, 3.8) is 0 Å². The van der Waals surface area contributed by atoms with Gasteiger partial charge in [0.05, 0.1) is 17.6 Å². The van der Waals surface area contributed by atoms with Crippen LogP contribution in [0.4, 0.5) is 5.82 Å². The van der Waals surface area contributed by atoms with Crippen LogP contribution in [0, 0.1) is 0 Å². The molecule has 2 aliphatic rings. The quantitative estimate of drug-likeness (QED) is 0.699. The van der Waals surface area contributed by atoms with Gasteiger partial charge < -0.3 is 15.1 Å². The van der Waals surface area contributed by atoms with Crippen LogP contribution >= 0.6 is 0 Å². The molecule has 0 unspecified atom stereocenters. The molecule has 0 atom stereocenters. The molecule has 2 fully saturated rings. The number of hydrogen-bond donors (Lipinski definition) is 1. The van der Waals surface area contributed by atoms with Crippen molar-refractivity contribution in [2.45, 2.75) is 4.90 Å². The summed E-state index contributed by atoms with van der Waals surface area (Å²) in [5.74, 6) is 0.212. The molecular formula is C19H22N6O4S. The van der Waals surface area contributed by atoms with E-state index in [4.69, 9.17) is 0 Å². The third-order valence-corrected chi connectivity index (χ3v) is 7.00. The number of carbonyl (C=O) groups is 2. The second-order valence-electron chi connectivity index (χ2n) is 7.06. The van der Waals surface area contributed by atoms with E-state index in [-0.39, 0.29) is 36.3 Å². The molecule has 1 aromatic heterocycles. The standard InChI is InChI=1S/C19H22N6O4S/c26-18-14-25(7-6-22-18)30(28,29)16-3-1-2-15(12-16)19(27)24-10-8-23(9-11-24)17-13-20-4-5-21-17/h1-5,12-13H,6-11,14H2,(H,22,26). The molecule has 2 aromatic rings. The number of piperazine rings is 2. The van der Waals surface area contributed by atoms with Gasteiger partial charge in [0.2, 0.25) is 15.9 Å². The number of sulfonamides is 1. The average molecular weight is 430 g/mol. The van der Waals surface area contributed by atoms with E-state index in [1.165, 1.54) is 12.1 Å². The van der Waals surface area contributed by atoms with E-state index in [2.05, 4.69) is 20.2 Å². The van der Waals surface area contributed by atoms with Crippen LogP contribution < -0.4 is 10.2 Å². The lowest BCUT2D eigenvalue weighted by Gasteiger charge is -2.35. The number of hydrogen-bond acceptors (Lipinski definition) is 7. The second kappa shape index (κ2) is 8.36. The maximum absolute atomic E-state index is 13.0. The highest BCUT2D eigenvalue weighted by atomic mass is 32.2. The van der Waals surface area contributed by atoms with E-state index in [1.807, 2.05) is 0 Å². The first-order valence-electron chi connectivity index (χ1n) is 9.62. The van der Waals surface area contributed by atoms with Gasteiger partial charge >= 0.3 is 0 Å². The van der Waals surface area contributed by atoms with Gasteiger partial charge in [-0.2, -0.15) is 4.31 Å². The number of anilines is 1. The predicted molar refractivity (Wildman–Crippen MR) is 108 cm³/mol. The normalized spacial score (nSPS) is 18.2. The lowest BCUT2D eigenvalue weighted by atomic mass is 10.2. The van der Waals surface area contributed by atoms with E-state index in [9.17, 15) is 18.0 Å². The molecule has 1 aromatic carbocycles. The summed E-state index contributed by atoms with van der Waals surface area (Å²) in [6.45, 7) is 2.49. The SMILES string of the molecule is O=C1CN(S(=O)(=O)c2cccc(C(=O)N3CCN(c4cnccn4)CC3)c2)CCN1. The third-order valence-electron chi connectivity index (χ3n) is 5.16. The number of aromatic nitrogens is 2. The molecule has 0 aliphatic carbocycles. The summed E-state index contributed by atoms with van der Waals surface area (Å²) in [7, 11) is -3.85. The zero-order valence-electron chi connectivity index (χ0n) is 16.3. The van der Waals surface area contributed by atoms with Gasteiger partial charge in [0.15, 0.2) is 0 Å². The number of nitrogens with one attached hydrogen (secondary N) is 1. The Morgan fingerprint density at radius 3 is 2.57 bits per heavy atom. The van der Waals surface area contributed by atoms with Gasteiger partial charge in [-0.1, -0.05) is 6.07 Å². The number of benzene rings is 1. The molecule has 11 heteroatoms. The Labute approximate surface area is 174 Å². The minimum atomic E-state index is -3.85. The fraction of sp³-hybridized carbons (Fsp3) is 0.368. The van der Waals surface area contributed by atoms with Crippen LogP contribution in [0.15, 0.2) is 47.8 Å². The van der Waals surface area contributed by atoms with E-state index in [0.29, 0.717) is 31.7 Å². The average Bonchev–Trinajstić information content (AvgIpc) is 2.79. The van der Waals surface area contributed by atoms with Crippen molar-refractivity contribution in [2.24, 2.45) is 0 Å². The van der Waals surface area contributed by atoms with E-state index < -0.39 is 10.0 Å². The molecule has 4 rings (SSSR count). The molecule has 158 valence electrons. The number of carbonyl (C=O) groups excluding carboxylic acids is 2. The first-order valence-corrected chi connectivity index (χ1v) is 11.1. The number of rotatable bonds is 4. The summed E-state index contributed by atoms with van der Waals surface area (Å²) >= 11 is 0. The summed E-state index contributed by atoms with van der Waals surface area (Å²) < 4.78 is 26.9. The van der Waals surface area contributed by atoms with Crippen LogP contribution in [0.25, 0.3) is 0 Å². The first-order chi connectivity index (χ1) is 14.4. The van der Waals surface area contributed by atoms with Crippen molar-refractivity contribution in [2.75, 3.05) is 50.7 Å². The fourth-order valence-electron chi connectivity index (χ4n) is 3.53. The topological polar surface area (TPSA) is 116 Å². The predicted octanol–water partition coefficient (Wildman–Crippen LogP) is -0.440. The smallest absolute Gasteiger partial charge is 0.254 e. The molecule has 2 amide bonds. The lowest BCUT2D eigenvalue weighted by molar-refractivity contribution is -0.122. The molecule has 30 heavy (non-hydrogen) atoms. The van der Waals surface area contributed by atoms with Crippen molar-refractivity contribution < 1.29 is 18.0 Å². The van der Waals surface area contributed by atoms with Crippen LogP contribution in [0.2, 0.25) is 0 Å². The van der Waals surface area contributed by atoms with Gasteiger partial charge in [0.1, 0.15) is 5.82 Å². The third kappa shape index (κ3) is 4.12. The van der Waals surface area contributed by atoms with Crippen molar-refractivity contribution in [1.29, 1.82) is 0 Å². The molecule has 0 radical (unpaired) electrons. The molecule has 10 nitrogen and oxygen atoms in total. The Hall–Kier alpha value is -3.05. The molecular weight excluding hydrogens is 408 g/mol. The van der Waals surface area contributed by atoms with E-state index in [1.54, 1.807) is 35.6 Å². The Kier molecular flexibility index (Phi) is 5.64. The zero-order chi connectivity index (χ0) is 21.1. The maximum Gasteiger partial charge on any atom is 0.254 e. The number of nitrogens with zero attached hydrogens (tertiary/aromatic N) is 5. The van der Waals surface area contributed by atoms with Gasteiger partial charge in [-0.25, -0.2) is 13.4 Å². The molecule has 2 saturated heterocycles. The van der Waals surface area contributed by atoms with Crippen molar-refractivity contribution in [3.05, 3.63) is 48.4 Å². The lowest BCUT2D eigenvalue weighted by Crippen LogP contribution is -2.50. The number of amides is 2. The molecule has 0 bridgehead atoms. The molecule has 1 N–H and O–H groups in total. The first kappa shape index (κ1) is 20.2. The molecule has 3 heterocycles. The second-order valence-corrected chi connectivity index (χ2v) is 9.00. The Balaban J connectivity index is 1.46.